The standard InChI is InChI=1S/C13H21NO2/c1-4-12(15)9-16-13-6-5-10(2)7-11(13)8-14-3/h5-7,12,14-15H,4,8-9H2,1-3H3. The highest BCUT2D eigenvalue weighted by atomic mass is 16.5. The van der Waals surface area contributed by atoms with E-state index < -0.39 is 0 Å². The minimum Gasteiger partial charge on any atom is -0.491 e. The van der Waals surface area contributed by atoms with Crippen molar-refractivity contribution in [3.05, 3.63) is 29.3 Å². The number of hydrogen-bond donors (Lipinski definition) is 2. The number of ether oxygens (including phenoxy) is 1. The lowest BCUT2D eigenvalue weighted by Gasteiger charge is -2.14. The van der Waals surface area contributed by atoms with E-state index in [0.717, 1.165) is 17.9 Å². The molecule has 0 bridgehead atoms. The van der Waals surface area contributed by atoms with Gasteiger partial charge in [-0.05, 0) is 26.5 Å². The minimum absolute atomic E-state index is 0.357. The number of nitrogens with one attached hydrogen (secondary N) is 1. The second-order valence-corrected chi connectivity index (χ2v) is 4.01. The zero-order chi connectivity index (χ0) is 12.0. The first-order chi connectivity index (χ1) is 7.67. The lowest BCUT2D eigenvalue weighted by Crippen LogP contribution is -2.17. The number of aryl methyl sites for hydroxylation is 1. The molecule has 0 heterocycles. The largest absolute Gasteiger partial charge is 0.491 e. The molecule has 1 rings (SSSR count). The molecule has 0 aliphatic carbocycles. The topological polar surface area (TPSA) is 41.5 Å². The lowest BCUT2D eigenvalue weighted by atomic mass is 10.1. The molecule has 90 valence electrons. The smallest absolute Gasteiger partial charge is 0.123 e. The Bertz CT molecular complexity index is 326. The fourth-order valence-electron chi connectivity index (χ4n) is 1.48. The molecule has 3 nitrogen and oxygen atoms in total. The van der Waals surface area contributed by atoms with Crippen molar-refractivity contribution in [2.75, 3.05) is 13.7 Å². The van der Waals surface area contributed by atoms with Crippen molar-refractivity contribution in [1.29, 1.82) is 0 Å². The summed E-state index contributed by atoms with van der Waals surface area (Å²) in [4.78, 5) is 0. The van der Waals surface area contributed by atoms with Gasteiger partial charge in [0.15, 0.2) is 0 Å². The van der Waals surface area contributed by atoms with Gasteiger partial charge in [0.2, 0.25) is 0 Å². The van der Waals surface area contributed by atoms with E-state index in [4.69, 9.17) is 4.74 Å². The molecule has 0 aliphatic heterocycles. The van der Waals surface area contributed by atoms with E-state index in [-0.39, 0.29) is 6.10 Å². The third kappa shape index (κ3) is 3.83. The molecule has 1 aromatic rings. The highest BCUT2D eigenvalue weighted by Gasteiger charge is 2.06. The van der Waals surface area contributed by atoms with Gasteiger partial charge in [0.05, 0.1) is 6.10 Å². The minimum atomic E-state index is -0.385. The zero-order valence-electron chi connectivity index (χ0n) is 10.3. The average Bonchev–Trinajstić information content (AvgIpc) is 2.28. The normalized spacial score (nSPS) is 12.5. The Labute approximate surface area is 97.4 Å². The van der Waals surface area contributed by atoms with Crippen molar-refractivity contribution in [1.82, 2.24) is 5.32 Å². The summed E-state index contributed by atoms with van der Waals surface area (Å²) in [7, 11) is 1.91. The molecule has 3 heteroatoms. The van der Waals surface area contributed by atoms with E-state index in [2.05, 4.69) is 18.3 Å². The van der Waals surface area contributed by atoms with Gasteiger partial charge in [0.1, 0.15) is 12.4 Å². The fourth-order valence-corrected chi connectivity index (χ4v) is 1.48. The highest BCUT2D eigenvalue weighted by molar-refractivity contribution is 5.36. The van der Waals surface area contributed by atoms with Crippen LogP contribution in [0.5, 0.6) is 5.75 Å². The van der Waals surface area contributed by atoms with Gasteiger partial charge in [-0.2, -0.15) is 0 Å². The SMILES string of the molecule is CCC(O)COc1ccc(C)cc1CNC. The van der Waals surface area contributed by atoms with Crippen molar-refractivity contribution in [3.8, 4) is 5.75 Å². The maximum absolute atomic E-state index is 9.45. The molecule has 2 N–H and O–H groups in total. The van der Waals surface area contributed by atoms with E-state index >= 15 is 0 Å². The molecule has 0 radical (unpaired) electrons. The van der Waals surface area contributed by atoms with Crippen LogP contribution in [0.3, 0.4) is 0 Å². The maximum atomic E-state index is 9.45. The van der Waals surface area contributed by atoms with Gasteiger partial charge in [-0.1, -0.05) is 24.6 Å². The molecular formula is C13H21NO2. The molecule has 1 unspecified atom stereocenters. The Kier molecular flexibility index (Phi) is 5.29. The van der Waals surface area contributed by atoms with Gasteiger partial charge in [0.25, 0.3) is 0 Å². The van der Waals surface area contributed by atoms with E-state index in [9.17, 15) is 5.11 Å². The van der Waals surface area contributed by atoms with Crippen LogP contribution >= 0.6 is 0 Å². The number of hydrogen-bond acceptors (Lipinski definition) is 3. The molecule has 16 heavy (non-hydrogen) atoms. The number of rotatable bonds is 6. The molecule has 0 aliphatic rings. The predicted octanol–water partition coefficient (Wildman–Crippen LogP) is 1.86. The van der Waals surface area contributed by atoms with Crippen LogP contribution in [0.1, 0.15) is 24.5 Å². The third-order valence-corrected chi connectivity index (χ3v) is 2.49. The monoisotopic (exact) mass is 223 g/mol. The van der Waals surface area contributed by atoms with Gasteiger partial charge in [-0.3, -0.25) is 0 Å². The first-order valence-electron chi connectivity index (χ1n) is 5.72. The van der Waals surface area contributed by atoms with Crippen LogP contribution < -0.4 is 10.1 Å². The third-order valence-electron chi connectivity index (χ3n) is 2.49. The summed E-state index contributed by atoms with van der Waals surface area (Å²) in [5.41, 5.74) is 2.35. The van der Waals surface area contributed by atoms with E-state index in [1.54, 1.807) is 0 Å². The van der Waals surface area contributed by atoms with Crippen LogP contribution in [-0.4, -0.2) is 24.9 Å². The molecule has 0 spiro atoms. The fraction of sp³-hybridized carbons (Fsp3) is 0.538. The highest BCUT2D eigenvalue weighted by Crippen LogP contribution is 2.20. The number of benzene rings is 1. The van der Waals surface area contributed by atoms with Crippen molar-refractivity contribution >= 4 is 0 Å². The lowest BCUT2D eigenvalue weighted by molar-refractivity contribution is 0.104. The van der Waals surface area contributed by atoms with E-state index in [1.165, 1.54) is 5.56 Å². The van der Waals surface area contributed by atoms with Crippen LogP contribution in [0.4, 0.5) is 0 Å². The Morgan fingerprint density at radius 1 is 1.44 bits per heavy atom. The van der Waals surface area contributed by atoms with Gasteiger partial charge in [-0.15, -0.1) is 0 Å². The molecular weight excluding hydrogens is 202 g/mol. The van der Waals surface area contributed by atoms with Crippen molar-refractivity contribution in [2.24, 2.45) is 0 Å². The molecule has 0 saturated heterocycles. The Morgan fingerprint density at radius 2 is 2.19 bits per heavy atom. The van der Waals surface area contributed by atoms with E-state index in [1.807, 2.05) is 26.1 Å². The van der Waals surface area contributed by atoms with Crippen molar-refractivity contribution < 1.29 is 9.84 Å². The first-order valence-corrected chi connectivity index (χ1v) is 5.72. The summed E-state index contributed by atoms with van der Waals surface area (Å²) >= 11 is 0. The van der Waals surface area contributed by atoms with Gasteiger partial charge >= 0.3 is 0 Å². The summed E-state index contributed by atoms with van der Waals surface area (Å²) in [6, 6.07) is 6.08. The summed E-state index contributed by atoms with van der Waals surface area (Å²) in [6.45, 7) is 5.14. The van der Waals surface area contributed by atoms with Crippen LogP contribution in [-0.2, 0) is 6.54 Å². The van der Waals surface area contributed by atoms with Crippen LogP contribution in [0.25, 0.3) is 0 Å². The second kappa shape index (κ2) is 6.51. The second-order valence-electron chi connectivity index (χ2n) is 4.01. The first kappa shape index (κ1) is 13.0. The molecule has 0 fully saturated rings. The summed E-state index contributed by atoms with van der Waals surface area (Å²) in [5, 5.41) is 12.6. The summed E-state index contributed by atoms with van der Waals surface area (Å²) < 4.78 is 5.61. The molecule has 0 saturated carbocycles. The number of aliphatic hydroxyl groups excluding tert-OH is 1. The Balaban J connectivity index is 2.70. The number of aliphatic hydroxyl groups is 1. The van der Waals surface area contributed by atoms with Gasteiger partial charge in [-0.25, -0.2) is 0 Å². The van der Waals surface area contributed by atoms with Crippen LogP contribution in [0.2, 0.25) is 0 Å². The zero-order valence-corrected chi connectivity index (χ0v) is 10.3. The molecule has 0 amide bonds. The maximum Gasteiger partial charge on any atom is 0.123 e. The van der Waals surface area contributed by atoms with Crippen molar-refractivity contribution in [2.45, 2.75) is 32.9 Å². The van der Waals surface area contributed by atoms with Crippen LogP contribution in [0.15, 0.2) is 18.2 Å². The van der Waals surface area contributed by atoms with Gasteiger partial charge in [0, 0.05) is 12.1 Å². The van der Waals surface area contributed by atoms with Crippen LogP contribution in [0, 0.1) is 6.92 Å². The Morgan fingerprint density at radius 3 is 2.81 bits per heavy atom. The Hall–Kier alpha value is -1.06. The van der Waals surface area contributed by atoms with Crippen molar-refractivity contribution in [3.63, 3.8) is 0 Å². The van der Waals surface area contributed by atoms with Gasteiger partial charge < -0.3 is 15.2 Å². The molecule has 0 aromatic heterocycles. The summed E-state index contributed by atoms with van der Waals surface area (Å²) in [6.07, 6.45) is 0.330. The molecule has 1 atom stereocenters. The van der Waals surface area contributed by atoms with E-state index in [0.29, 0.717) is 13.0 Å². The average molecular weight is 223 g/mol. The predicted molar refractivity (Wildman–Crippen MR) is 65.7 cm³/mol. The molecule has 1 aromatic carbocycles. The quantitative estimate of drug-likeness (QED) is 0.773. The summed E-state index contributed by atoms with van der Waals surface area (Å²) in [5.74, 6) is 0.854.